The van der Waals surface area contributed by atoms with Crippen molar-refractivity contribution in [1.29, 1.82) is 0 Å². The maximum atomic E-state index is 2.66. The SMILES string of the molecule is CCC1=Cc2c(-c3ccccc3)cccc2C1[Si](C)(c1ccccc1)C1C(C)=CC(C)=C1C. The van der Waals surface area contributed by atoms with Crippen molar-refractivity contribution in [3.05, 3.63) is 118 Å². The third-order valence-electron chi connectivity index (χ3n) is 8.19. The minimum Gasteiger partial charge on any atom is -0.0682 e. The largest absolute Gasteiger partial charge is 0.106 e. The Morgan fingerprint density at radius 1 is 0.727 bits per heavy atom. The van der Waals surface area contributed by atoms with Crippen LogP contribution in [0.2, 0.25) is 12.1 Å². The second-order valence-electron chi connectivity index (χ2n) is 10.0. The third-order valence-corrected chi connectivity index (χ3v) is 13.7. The number of hydrogen-bond donors (Lipinski definition) is 0. The van der Waals surface area contributed by atoms with Crippen LogP contribution in [0, 0.1) is 0 Å². The molecule has 0 bridgehead atoms. The molecule has 2 aliphatic rings. The monoisotopic (exact) mass is 446 g/mol. The van der Waals surface area contributed by atoms with Gasteiger partial charge in [-0.3, -0.25) is 0 Å². The molecule has 5 rings (SSSR count). The zero-order chi connectivity index (χ0) is 23.2. The maximum absolute atomic E-state index is 2.66. The van der Waals surface area contributed by atoms with Gasteiger partial charge in [0.1, 0.15) is 8.07 Å². The first-order chi connectivity index (χ1) is 16.0. The molecule has 3 unspecified atom stereocenters. The number of hydrogen-bond acceptors (Lipinski definition) is 0. The van der Waals surface area contributed by atoms with Crippen LogP contribution in [0.4, 0.5) is 0 Å². The minimum absolute atomic E-state index is 0.484. The summed E-state index contributed by atoms with van der Waals surface area (Å²) in [7, 11) is -2.08. The van der Waals surface area contributed by atoms with E-state index in [4.69, 9.17) is 0 Å². The van der Waals surface area contributed by atoms with E-state index in [0.29, 0.717) is 11.1 Å². The first-order valence-corrected chi connectivity index (χ1v) is 14.9. The van der Waals surface area contributed by atoms with Crippen LogP contribution in [-0.2, 0) is 0 Å². The Bertz CT molecular complexity index is 1280. The fourth-order valence-corrected chi connectivity index (χ4v) is 12.7. The van der Waals surface area contributed by atoms with E-state index in [2.05, 4.69) is 125 Å². The minimum atomic E-state index is -2.08. The van der Waals surface area contributed by atoms with Gasteiger partial charge in [-0.25, -0.2) is 0 Å². The van der Waals surface area contributed by atoms with Gasteiger partial charge < -0.3 is 0 Å². The van der Waals surface area contributed by atoms with E-state index in [-0.39, 0.29) is 0 Å². The van der Waals surface area contributed by atoms with Crippen LogP contribution in [0.1, 0.15) is 50.8 Å². The van der Waals surface area contributed by atoms with Crippen LogP contribution < -0.4 is 5.19 Å². The van der Waals surface area contributed by atoms with Gasteiger partial charge in [0, 0.05) is 11.1 Å². The molecule has 0 saturated carbocycles. The fourth-order valence-electron chi connectivity index (χ4n) is 6.68. The molecule has 0 aromatic heterocycles. The lowest BCUT2D eigenvalue weighted by Crippen LogP contribution is -2.55. The Hall–Kier alpha value is -2.90. The summed E-state index contributed by atoms with van der Waals surface area (Å²) in [6.07, 6.45) is 6.08. The highest BCUT2D eigenvalue weighted by molar-refractivity contribution is 6.94. The molecule has 0 amide bonds. The highest BCUT2D eigenvalue weighted by Gasteiger charge is 2.51. The van der Waals surface area contributed by atoms with E-state index in [1.807, 2.05) is 0 Å². The van der Waals surface area contributed by atoms with Crippen molar-refractivity contribution < 1.29 is 0 Å². The molecule has 1 heteroatoms. The van der Waals surface area contributed by atoms with Crippen molar-refractivity contribution in [2.45, 2.75) is 51.7 Å². The number of allylic oxidation sites excluding steroid dienone is 5. The first-order valence-electron chi connectivity index (χ1n) is 12.3. The molecule has 0 aliphatic heterocycles. The molecule has 2 aliphatic carbocycles. The van der Waals surface area contributed by atoms with Gasteiger partial charge in [0.05, 0.1) is 0 Å². The fraction of sp³-hybridized carbons (Fsp3) is 0.250. The number of rotatable bonds is 5. The summed E-state index contributed by atoms with van der Waals surface area (Å²) in [5, 5.41) is 1.57. The summed E-state index contributed by atoms with van der Waals surface area (Å²) in [4.78, 5) is 0. The van der Waals surface area contributed by atoms with Gasteiger partial charge in [-0.2, -0.15) is 0 Å². The normalized spacial score (nSPS) is 21.5. The molecule has 33 heavy (non-hydrogen) atoms. The highest BCUT2D eigenvalue weighted by atomic mass is 28.3. The van der Waals surface area contributed by atoms with Crippen molar-refractivity contribution >= 4 is 19.3 Å². The van der Waals surface area contributed by atoms with Gasteiger partial charge in [-0.05, 0) is 49.4 Å². The smallest absolute Gasteiger partial charge is 0.0682 e. The van der Waals surface area contributed by atoms with Gasteiger partial charge >= 0.3 is 0 Å². The summed E-state index contributed by atoms with van der Waals surface area (Å²) in [5.74, 6) is 0. The second-order valence-corrected chi connectivity index (χ2v) is 14.3. The molecule has 0 spiro atoms. The highest BCUT2D eigenvalue weighted by Crippen LogP contribution is 2.54. The van der Waals surface area contributed by atoms with Gasteiger partial charge in [-0.15, -0.1) is 0 Å². The summed E-state index contributed by atoms with van der Waals surface area (Å²) in [6.45, 7) is 12.0. The molecule has 0 nitrogen and oxygen atoms in total. The summed E-state index contributed by atoms with van der Waals surface area (Å²) in [6, 6.07) is 29.4. The van der Waals surface area contributed by atoms with Crippen LogP contribution in [0.3, 0.4) is 0 Å². The molecular formula is C32H34Si. The van der Waals surface area contributed by atoms with E-state index >= 15 is 0 Å². The average Bonchev–Trinajstić information content (AvgIpc) is 3.36. The van der Waals surface area contributed by atoms with E-state index in [9.17, 15) is 0 Å². The summed E-state index contributed by atoms with van der Waals surface area (Å²) < 4.78 is 0. The Kier molecular flexibility index (Phi) is 5.62. The molecule has 0 N–H and O–H groups in total. The summed E-state index contributed by atoms with van der Waals surface area (Å²) >= 11 is 0. The van der Waals surface area contributed by atoms with E-state index in [1.165, 1.54) is 27.8 Å². The van der Waals surface area contributed by atoms with Crippen LogP contribution >= 0.6 is 0 Å². The van der Waals surface area contributed by atoms with Crippen LogP contribution in [0.25, 0.3) is 17.2 Å². The van der Waals surface area contributed by atoms with E-state index < -0.39 is 8.07 Å². The number of fused-ring (bicyclic) bond motifs is 1. The molecule has 0 fully saturated rings. The maximum Gasteiger partial charge on any atom is 0.106 e. The standard InChI is InChI=1S/C32H34Si/c1-6-25-21-30-28(26-14-9-7-10-15-26)18-13-19-29(30)32(25)33(5,27-16-11-8-12-17-27)31-23(3)20-22(2)24(31)4/h7-21,31-32H,6H2,1-5H3. The van der Waals surface area contributed by atoms with Crippen molar-refractivity contribution in [3.8, 4) is 11.1 Å². The van der Waals surface area contributed by atoms with Crippen LogP contribution in [-0.4, -0.2) is 8.07 Å². The van der Waals surface area contributed by atoms with E-state index in [1.54, 1.807) is 21.9 Å². The molecule has 166 valence electrons. The van der Waals surface area contributed by atoms with Crippen molar-refractivity contribution in [2.24, 2.45) is 0 Å². The topological polar surface area (TPSA) is 0 Å². The van der Waals surface area contributed by atoms with Gasteiger partial charge in [-0.1, -0.05) is 132 Å². The van der Waals surface area contributed by atoms with Crippen molar-refractivity contribution in [2.75, 3.05) is 0 Å². The summed E-state index contributed by atoms with van der Waals surface area (Å²) in [5.41, 5.74) is 12.9. The van der Waals surface area contributed by atoms with Gasteiger partial charge in [0.25, 0.3) is 0 Å². The van der Waals surface area contributed by atoms with Crippen molar-refractivity contribution in [1.82, 2.24) is 0 Å². The lowest BCUT2D eigenvalue weighted by atomic mass is 9.97. The number of benzene rings is 3. The Morgan fingerprint density at radius 2 is 1.39 bits per heavy atom. The van der Waals surface area contributed by atoms with Gasteiger partial charge in [0.2, 0.25) is 0 Å². The van der Waals surface area contributed by atoms with Crippen molar-refractivity contribution in [3.63, 3.8) is 0 Å². The lowest BCUT2D eigenvalue weighted by molar-refractivity contribution is 0.936. The zero-order valence-electron chi connectivity index (χ0n) is 20.5. The molecule has 3 aromatic carbocycles. The molecule has 0 radical (unpaired) electrons. The Labute approximate surface area is 200 Å². The molecular weight excluding hydrogens is 412 g/mol. The first kappa shape index (κ1) is 21.9. The second kappa shape index (κ2) is 8.46. The zero-order valence-corrected chi connectivity index (χ0v) is 21.5. The van der Waals surface area contributed by atoms with Gasteiger partial charge in [0.15, 0.2) is 0 Å². The molecule has 0 saturated heterocycles. The van der Waals surface area contributed by atoms with Crippen LogP contribution in [0.15, 0.2) is 107 Å². The molecule has 3 aromatic rings. The molecule has 0 heterocycles. The van der Waals surface area contributed by atoms with Crippen LogP contribution in [0.5, 0.6) is 0 Å². The predicted octanol–water partition coefficient (Wildman–Crippen LogP) is 8.44. The molecule has 3 atom stereocenters. The third kappa shape index (κ3) is 3.41. The quantitative estimate of drug-likeness (QED) is 0.345. The van der Waals surface area contributed by atoms with E-state index in [0.717, 1.165) is 6.42 Å². The Morgan fingerprint density at radius 3 is 2.00 bits per heavy atom. The Balaban J connectivity index is 1.77. The lowest BCUT2D eigenvalue weighted by Gasteiger charge is -2.43. The predicted molar refractivity (Wildman–Crippen MR) is 146 cm³/mol. The average molecular weight is 447 g/mol.